The molecule has 2 unspecified atom stereocenters. The maximum atomic E-state index is 5.00. The summed E-state index contributed by atoms with van der Waals surface area (Å²) in [6, 6.07) is 0.237. The molecular weight excluding hydrogens is 465 g/mol. The molecule has 7 nitrogen and oxygen atoms in total. The van der Waals surface area contributed by atoms with E-state index in [1.807, 2.05) is 17.9 Å². The fraction of sp³-hybridized carbons (Fsp3) is 0.800. The van der Waals surface area contributed by atoms with Gasteiger partial charge in [-0.1, -0.05) is 13.8 Å². The molecule has 0 radical (unpaired) electrons. The number of aromatic nitrogens is 2. The van der Waals surface area contributed by atoms with Crippen molar-refractivity contribution in [3.05, 3.63) is 18.0 Å². The molecule has 8 heteroatoms. The van der Waals surface area contributed by atoms with E-state index in [9.17, 15) is 0 Å². The van der Waals surface area contributed by atoms with Gasteiger partial charge in [-0.2, -0.15) is 5.10 Å². The molecule has 2 heterocycles. The summed E-state index contributed by atoms with van der Waals surface area (Å²) < 4.78 is 1.86. The fourth-order valence-electron chi connectivity index (χ4n) is 3.80. The number of nitrogens with zero attached hydrogens (tertiary/aromatic N) is 6. The van der Waals surface area contributed by atoms with Crippen LogP contribution in [0.3, 0.4) is 0 Å². The van der Waals surface area contributed by atoms with E-state index in [0.717, 1.165) is 51.1 Å². The van der Waals surface area contributed by atoms with Crippen LogP contribution in [0.4, 0.5) is 0 Å². The van der Waals surface area contributed by atoms with E-state index in [-0.39, 0.29) is 30.0 Å². The number of nitrogens with one attached hydrogen (secondary N) is 1. The highest BCUT2D eigenvalue weighted by Crippen LogP contribution is 2.20. The van der Waals surface area contributed by atoms with Crippen LogP contribution in [0.2, 0.25) is 0 Å². The predicted molar refractivity (Wildman–Crippen MR) is 128 cm³/mol. The topological polar surface area (TPSA) is 51.9 Å². The van der Waals surface area contributed by atoms with E-state index in [4.69, 9.17) is 4.99 Å². The number of halogens is 1. The number of aliphatic imine (C=N–C) groups is 1. The van der Waals surface area contributed by atoms with Gasteiger partial charge in [0, 0.05) is 45.0 Å². The van der Waals surface area contributed by atoms with Crippen molar-refractivity contribution in [3.63, 3.8) is 0 Å². The van der Waals surface area contributed by atoms with Crippen molar-refractivity contribution in [1.29, 1.82) is 0 Å². The summed E-state index contributed by atoms with van der Waals surface area (Å²) in [6.07, 6.45) is 5.28. The minimum Gasteiger partial charge on any atom is -0.357 e. The zero-order chi connectivity index (χ0) is 19.8. The van der Waals surface area contributed by atoms with Crippen LogP contribution < -0.4 is 5.32 Å². The smallest absolute Gasteiger partial charge is 0.193 e. The molecule has 2 rings (SSSR count). The van der Waals surface area contributed by atoms with Crippen molar-refractivity contribution in [3.8, 4) is 0 Å². The third-order valence-electron chi connectivity index (χ3n) is 5.48. The van der Waals surface area contributed by atoms with Gasteiger partial charge in [-0.25, -0.2) is 0 Å². The van der Waals surface area contributed by atoms with Crippen LogP contribution in [0.5, 0.6) is 0 Å². The molecule has 1 aliphatic heterocycles. The van der Waals surface area contributed by atoms with Crippen molar-refractivity contribution in [2.75, 3.05) is 59.9 Å². The number of aryl methyl sites for hydroxylation is 1. The molecule has 1 aromatic rings. The van der Waals surface area contributed by atoms with Crippen molar-refractivity contribution in [2.24, 2.45) is 18.0 Å². The van der Waals surface area contributed by atoms with Crippen LogP contribution in [0.15, 0.2) is 17.4 Å². The molecule has 1 N–H and O–H groups in total. The molecule has 28 heavy (non-hydrogen) atoms. The zero-order valence-electron chi connectivity index (χ0n) is 18.6. The van der Waals surface area contributed by atoms with E-state index < -0.39 is 0 Å². The third-order valence-corrected chi connectivity index (χ3v) is 5.48. The van der Waals surface area contributed by atoms with Gasteiger partial charge in [0.25, 0.3) is 0 Å². The van der Waals surface area contributed by atoms with Gasteiger partial charge in [0.1, 0.15) is 0 Å². The second-order valence-corrected chi connectivity index (χ2v) is 7.71. The van der Waals surface area contributed by atoms with Crippen LogP contribution in [-0.4, -0.2) is 90.3 Å². The first kappa shape index (κ1) is 25.2. The van der Waals surface area contributed by atoms with Gasteiger partial charge in [-0.05, 0) is 46.4 Å². The van der Waals surface area contributed by atoms with E-state index in [1.165, 1.54) is 18.5 Å². The summed E-state index contributed by atoms with van der Waals surface area (Å²) in [5.74, 6) is 1.78. The van der Waals surface area contributed by atoms with Crippen molar-refractivity contribution < 1.29 is 0 Å². The van der Waals surface area contributed by atoms with E-state index in [2.05, 4.69) is 66.2 Å². The Balaban J connectivity index is 0.00000392. The summed E-state index contributed by atoms with van der Waals surface area (Å²) in [5, 5.41) is 7.83. The lowest BCUT2D eigenvalue weighted by Crippen LogP contribution is -2.41. The van der Waals surface area contributed by atoms with Gasteiger partial charge in [0.05, 0.1) is 18.8 Å². The molecule has 1 fully saturated rings. The number of hydrogen-bond acceptors (Lipinski definition) is 4. The van der Waals surface area contributed by atoms with Crippen LogP contribution >= 0.6 is 24.0 Å². The Hall–Kier alpha value is -0.870. The molecule has 1 aromatic heterocycles. The quantitative estimate of drug-likeness (QED) is 0.317. The molecule has 162 valence electrons. The van der Waals surface area contributed by atoms with Crippen LogP contribution in [-0.2, 0) is 7.05 Å². The highest BCUT2D eigenvalue weighted by molar-refractivity contribution is 14.0. The molecule has 0 saturated carbocycles. The summed E-state index contributed by atoms with van der Waals surface area (Å²) >= 11 is 0. The second-order valence-electron chi connectivity index (χ2n) is 7.71. The Morgan fingerprint density at radius 2 is 2.04 bits per heavy atom. The molecule has 1 aliphatic rings. The summed E-state index contributed by atoms with van der Waals surface area (Å²) in [6.45, 7) is 13.9. The Morgan fingerprint density at radius 3 is 2.57 bits per heavy atom. The largest absolute Gasteiger partial charge is 0.357 e. The molecule has 2 atom stereocenters. The normalized spacial score (nSPS) is 18.6. The Morgan fingerprint density at radius 1 is 1.32 bits per heavy atom. The zero-order valence-corrected chi connectivity index (χ0v) is 20.9. The lowest BCUT2D eigenvalue weighted by molar-refractivity contribution is 0.255. The number of likely N-dealkylation sites (tertiary alicyclic amines) is 1. The molecule has 1 saturated heterocycles. The maximum absolute atomic E-state index is 5.00. The van der Waals surface area contributed by atoms with Crippen LogP contribution in [0.1, 0.15) is 38.8 Å². The van der Waals surface area contributed by atoms with Gasteiger partial charge < -0.3 is 20.0 Å². The molecule has 0 bridgehead atoms. The molecule has 0 spiro atoms. The minimum absolute atomic E-state index is 0. The van der Waals surface area contributed by atoms with E-state index >= 15 is 0 Å². The Bertz CT molecular complexity index is 583. The summed E-state index contributed by atoms with van der Waals surface area (Å²) in [5.41, 5.74) is 1.21. The summed E-state index contributed by atoms with van der Waals surface area (Å²) in [7, 11) is 6.18. The van der Waals surface area contributed by atoms with Gasteiger partial charge in [-0.3, -0.25) is 9.67 Å². The number of guanidine groups is 1. The first-order valence-electron chi connectivity index (χ1n) is 10.4. The van der Waals surface area contributed by atoms with Gasteiger partial charge in [0.15, 0.2) is 5.96 Å². The monoisotopic (exact) mass is 505 g/mol. The highest BCUT2D eigenvalue weighted by atomic mass is 127. The number of rotatable bonds is 9. The first-order chi connectivity index (χ1) is 13.0. The minimum atomic E-state index is 0. The summed E-state index contributed by atoms with van der Waals surface area (Å²) in [4.78, 5) is 12.2. The number of hydrogen-bond donors (Lipinski definition) is 1. The van der Waals surface area contributed by atoms with Crippen molar-refractivity contribution in [2.45, 2.75) is 33.2 Å². The maximum Gasteiger partial charge on any atom is 0.193 e. The Kier molecular flexibility index (Phi) is 11.4. The second kappa shape index (κ2) is 12.6. The van der Waals surface area contributed by atoms with Crippen molar-refractivity contribution in [1.82, 2.24) is 29.8 Å². The average Bonchev–Trinajstić information content (AvgIpc) is 3.28. The van der Waals surface area contributed by atoms with Gasteiger partial charge in [0.2, 0.25) is 0 Å². The standard InChI is InChI=1S/C20H39N7.HI/c1-7-21-20(27-11-10-17(15-27)14-26(8-2)9-3)22-13-19(24(4)5)18-12-23-25(6)16-18;/h12,16-17,19H,7-11,13-15H2,1-6H3,(H,21,22);1H. The third kappa shape index (κ3) is 7.18. The van der Waals surface area contributed by atoms with Gasteiger partial charge >= 0.3 is 0 Å². The predicted octanol–water partition coefficient (Wildman–Crippen LogP) is 2.27. The molecule has 0 aliphatic carbocycles. The number of likely N-dealkylation sites (N-methyl/N-ethyl adjacent to an activating group) is 1. The lowest BCUT2D eigenvalue weighted by atomic mass is 10.1. The van der Waals surface area contributed by atoms with E-state index in [1.54, 1.807) is 0 Å². The SMILES string of the molecule is CCNC(=NCC(c1cnn(C)c1)N(C)C)N1CCC(CN(CC)CC)C1.I. The average molecular weight is 505 g/mol. The van der Waals surface area contributed by atoms with Crippen LogP contribution in [0, 0.1) is 5.92 Å². The fourth-order valence-corrected chi connectivity index (χ4v) is 3.80. The molecule has 0 amide bonds. The molecule has 0 aromatic carbocycles. The van der Waals surface area contributed by atoms with E-state index in [0.29, 0.717) is 0 Å². The molecular formula is C20H40IN7. The lowest BCUT2D eigenvalue weighted by Gasteiger charge is -2.26. The Labute approximate surface area is 188 Å². The highest BCUT2D eigenvalue weighted by Gasteiger charge is 2.26. The first-order valence-corrected chi connectivity index (χ1v) is 10.4. The van der Waals surface area contributed by atoms with Gasteiger partial charge in [-0.15, -0.1) is 24.0 Å². The van der Waals surface area contributed by atoms with Crippen molar-refractivity contribution >= 4 is 29.9 Å². The van der Waals surface area contributed by atoms with Crippen LogP contribution in [0.25, 0.3) is 0 Å².